The van der Waals surface area contributed by atoms with Gasteiger partial charge in [-0.15, -0.1) is 11.8 Å². The molecule has 1 aromatic heterocycles. The first-order chi connectivity index (χ1) is 9.50. The van der Waals surface area contributed by atoms with E-state index in [1.54, 1.807) is 0 Å². The Balaban J connectivity index is 2.19. The summed E-state index contributed by atoms with van der Waals surface area (Å²) < 4.78 is 5.92. The first kappa shape index (κ1) is 14.7. The summed E-state index contributed by atoms with van der Waals surface area (Å²) in [6, 6.07) is 9.08. The Morgan fingerprint density at radius 1 is 1.35 bits per heavy atom. The van der Waals surface area contributed by atoms with Crippen LogP contribution in [-0.2, 0) is 5.75 Å². The van der Waals surface area contributed by atoms with Gasteiger partial charge in [0.25, 0.3) is 0 Å². The first-order valence-electron chi connectivity index (χ1n) is 5.81. The number of carbonyl (C=O) groups excluding carboxylic acids is 1. The molecule has 0 N–H and O–H groups in total. The molecule has 20 heavy (non-hydrogen) atoms. The van der Waals surface area contributed by atoms with Gasteiger partial charge in [-0.25, -0.2) is 4.79 Å². The summed E-state index contributed by atoms with van der Waals surface area (Å²) in [7, 11) is 3.06. The van der Waals surface area contributed by atoms with E-state index >= 15 is 0 Å². The Hall–Kier alpha value is -1.66. The van der Waals surface area contributed by atoms with Crippen molar-refractivity contribution in [2.24, 2.45) is 0 Å². The molecule has 0 spiro atoms. The van der Waals surface area contributed by atoms with Crippen molar-refractivity contribution >= 4 is 29.4 Å². The topological polar surface area (TPSA) is 55.5 Å². The highest BCUT2D eigenvalue weighted by atomic mass is 35.5. The van der Waals surface area contributed by atoms with Gasteiger partial charge in [-0.1, -0.05) is 34.5 Å². The highest BCUT2D eigenvalue weighted by Crippen LogP contribution is 2.25. The summed E-state index contributed by atoms with van der Waals surface area (Å²) in [5.74, 6) is 0.673. The van der Waals surface area contributed by atoms with Crippen molar-refractivity contribution in [2.45, 2.75) is 10.6 Å². The fourth-order valence-corrected chi connectivity index (χ4v) is 2.56. The Bertz CT molecular complexity index is 664. The second-order valence-corrected chi connectivity index (χ2v) is 5.63. The van der Waals surface area contributed by atoms with Gasteiger partial charge in [0.15, 0.2) is 10.8 Å². The van der Waals surface area contributed by atoms with E-state index in [0.29, 0.717) is 16.3 Å². The summed E-state index contributed by atoms with van der Waals surface area (Å²) in [4.78, 5) is 25.8. The lowest BCUT2D eigenvalue weighted by molar-refractivity contribution is 0.182. The fourth-order valence-electron chi connectivity index (χ4n) is 1.46. The molecular weight excluding hydrogens is 300 g/mol. The highest BCUT2D eigenvalue weighted by Gasteiger charge is 2.21. The van der Waals surface area contributed by atoms with Gasteiger partial charge in [0.05, 0.1) is 5.75 Å². The van der Waals surface area contributed by atoms with Crippen LogP contribution in [0.25, 0.3) is 0 Å². The van der Waals surface area contributed by atoms with Crippen molar-refractivity contribution in [2.75, 3.05) is 14.1 Å². The molecular formula is C13H13ClN2O3S. The van der Waals surface area contributed by atoms with Crippen molar-refractivity contribution in [3.05, 3.63) is 51.5 Å². The summed E-state index contributed by atoms with van der Waals surface area (Å²) in [5.41, 5.74) is -0.631. The molecule has 2 aromatic rings. The lowest BCUT2D eigenvalue weighted by atomic mass is 10.4. The van der Waals surface area contributed by atoms with Crippen LogP contribution in [0.15, 0.2) is 44.5 Å². The molecule has 0 aliphatic heterocycles. The molecule has 1 heterocycles. The van der Waals surface area contributed by atoms with E-state index in [1.807, 2.05) is 30.3 Å². The summed E-state index contributed by atoms with van der Waals surface area (Å²) in [6.07, 6.45) is 0. The predicted molar refractivity (Wildman–Crippen MR) is 78.5 cm³/mol. The normalized spacial score (nSPS) is 10.6. The maximum absolute atomic E-state index is 11.8. The average molecular weight is 313 g/mol. The van der Waals surface area contributed by atoms with Gasteiger partial charge in [-0.2, -0.15) is 0 Å². The molecule has 1 amide bonds. The van der Waals surface area contributed by atoms with Crippen molar-refractivity contribution in [3.63, 3.8) is 0 Å². The molecule has 1 aromatic carbocycles. The summed E-state index contributed by atoms with van der Waals surface area (Å²) in [5, 5.41) is -0.0522. The summed E-state index contributed by atoms with van der Waals surface area (Å²) in [6.45, 7) is 0. The molecule has 0 saturated carbocycles. The fraction of sp³-hybridized carbons (Fsp3) is 0.231. The number of amides is 1. The van der Waals surface area contributed by atoms with Gasteiger partial charge >= 0.3 is 11.6 Å². The number of hydrogen-bond acceptors (Lipinski definition) is 4. The molecule has 0 fully saturated rings. The van der Waals surface area contributed by atoms with Crippen molar-refractivity contribution < 1.29 is 9.32 Å². The van der Waals surface area contributed by atoms with Gasteiger partial charge in [0.1, 0.15) is 0 Å². The first-order valence-corrected chi connectivity index (χ1v) is 7.17. The van der Waals surface area contributed by atoms with Crippen molar-refractivity contribution in [1.82, 2.24) is 9.64 Å². The quantitative estimate of drug-likeness (QED) is 0.818. The van der Waals surface area contributed by atoms with E-state index in [-0.39, 0.29) is 5.02 Å². The van der Waals surface area contributed by atoms with Crippen LogP contribution < -0.4 is 5.56 Å². The molecule has 0 atom stereocenters. The lowest BCUT2D eigenvalue weighted by Gasteiger charge is -2.07. The number of halogens is 1. The van der Waals surface area contributed by atoms with E-state index in [4.69, 9.17) is 16.1 Å². The third-order valence-corrected chi connectivity index (χ3v) is 3.87. The zero-order chi connectivity index (χ0) is 14.7. The monoisotopic (exact) mass is 312 g/mol. The van der Waals surface area contributed by atoms with Gasteiger partial charge < -0.3 is 9.42 Å². The Morgan fingerprint density at radius 3 is 2.60 bits per heavy atom. The van der Waals surface area contributed by atoms with Gasteiger partial charge in [0, 0.05) is 19.0 Å². The third-order valence-electron chi connectivity index (χ3n) is 2.49. The van der Waals surface area contributed by atoms with E-state index in [2.05, 4.69) is 0 Å². The Morgan fingerprint density at radius 2 is 2.00 bits per heavy atom. The van der Waals surface area contributed by atoms with Crippen LogP contribution in [-0.4, -0.2) is 29.8 Å². The average Bonchev–Trinajstić information content (AvgIpc) is 2.73. The molecule has 106 valence electrons. The minimum absolute atomic E-state index is 0.0522. The number of nitrogens with zero attached hydrogens (tertiary/aromatic N) is 2. The largest absolute Gasteiger partial charge is 0.369 e. The van der Waals surface area contributed by atoms with Crippen molar-refractivity contribution in [3.8, 4) is 0 Å². The molecule has 0 aliphatic carbocycles. The van der Waals surface area contributed by atoms with Crippen LogP contribution in [0.5, 0.6) is 0 Å². The Labute approximate surface area is 125 Å². The van der Waals surface area contributed by atoms with Crippen molar-refractivity contribution in [1.29, 1.82) is 0 Å². The van der Waals surface area contributed by atoms with Gasteiger partial charge in [0.2, 0.25) is 0 Å². The van der Waals surface area contributed by atoms with Crippen LogP contribution in [0.1, 0.15) is 5.76 Å². The number of carbonyl (C=O) groups is 1. The van der Waals surface area contributed by atoms with Crippen LogP contribution in [0.4, 0.5) is 4.79 Å². The maximum Gasteiger partial charge on any atom is 0.360 e. The van der Waals surface area contributed by atoms with Crippen LogP contribution >= 0.6 is 23.4 Å². The standard InChI is InChI=1S/C13H13ClN2O3S/c1-15(2)13(18)16-12(17)11(14)10(19-16)8-20-9-6-4-3-5-7-9/h3-7H,8H2,1-2H3. The SMILES string of the molecule is CN(C)C(=O)n1oc(CSc2ccccc2)c(Cl)c1=O. The van der Waals surface area contributed by atoms with E-state index < -0.39 is 11.6 Å². The maximum atomic E-state index is 11.8. The molecule has 5 nitrogen and oxygen atoms in total. The minimum Gasteiger partial charge on any atom is -0.369 e. The highest BCUT2D eigenvalue weighted by molar-refractivity contribution is 7.98. The summed E-state index contributed by atoms with van der Waals surface area (Å²) >= 11 is 7.39. The van der Waals surface area contributed by atoms with Crippen LogP contribution in [0.2, 0.25) is 5.02 Å². The second-order valence-electron chi connectivity index (χ2n) is 4.21. The zero-order valence-electron chi connectivity index (χ0n) is 11.0. The smallest absolute Gasteiger partial charge is 0.360 e. The second kappa shape index (κ2) is 6.19. The molecule has 2 rings (SSSR count). The van der Waals surface area contributed by atoms with E-state index in [9.17, 15) is 9.59 Å². The van der Waals surface area contributed by atoms with Crippen LogP contribution in [0.3, 0.4) is 0 Å². The van der Waals surface area contributed by atoms with E-state index in [0.717, 1.165) is 4.90 Å². The molecule has 0 bridgehead atoms. The van der Waals surface area contributed by atoms with E-state index in [1.165, 1.54) is 30.8 Å². The predicted octanol–water partition coefficient (Wildman–Crippen LogP) is 2.92. The number of hydrogen-bond donors (Lipinski definition) is 0. The molecule has 0 saturated heterocycles. The number of rotatable bonds is 3. The molecule has 7 heteroatoms. The third kappa shape index (κ3) is 3.08. The minimum atomic E-state index is -0.631. The number of aromatic nitrogens is 1. The zero-order valence-corrected chi connectivity index (χ0v) is 12.6. The number of thioether (sulfide) groups is 1. The van der Waals surface area contributed by atoms with Crippen LogP contribution in [0, 0.1) is 0 Å². The van der Waals surface area contributed by atoms with Gasteiger partial charge in [-0.3, -0.25) is 4.79 Å². The number of benzene rings is 1. The molecule has 0 unspecified atom stereocenters. The lowest BCUT2D eigenvalue weighted by Crippen LogP contribution is -2.33. The molecule has 0 aliphatic rings. The molecule has 0 radical (unpaired) electrons. The Kier molecular flexibility index (Phi) is 4.57. The van der Waals surface area contributed by atoms with Gasteiger partial charge in [-0.05, 0) is 12.1 Å².